The summed E-state index contributed by atoms with van der Waals surface area (Å²) in [4.78, 5) is 13.0. The molecule has 0 bridgehead atoms. The van der Waals surface area contributed by atoms with Crippen LogP contribution in [0.4, 0.5) is 0 Å². The van der Waals surface area contributed by atoms with Gasteiger partial charge in [0.1, 0.15) is 0 Å². The number of nitrogens with zero attached hydrogens (tertiary/aromatic N) is 2. The molecule has 2 heterocycles. The van der Waals surface area contributed by atoms with Crippen LogP contribution >= 0.6 is 11.8 Å². The van der Waals surface area contributed by atoms with Gasteiger partial charge >= 0.3 is 0 Å². The van der Waals surface area contributed by atoms with E-state index in [-0.39, 0.29) is 0 Å². The average molecular weight is 679 g/mol. The number of rotatable bonds is 3. The highest BCUT2D eigenvalue weighted by molar-refractivity contribution is 7.99. The Morgan fingerprint density at radius 2 is 0.942 bits per heavy atom. The average Bonchev–Trinajstić information content (AvgIpc) is 3.51. The molecule has 1 aromatic heterocycles. The first-order valence-corrected chi connectivity index (χ1v) is 18.6. The van der Waals surface area contributed by atoms with E-state index in [1.165, 1.54) is 64.7 Å². The van der Waals surface area contributed by atoms with Crippen molar-refractivity contribution in [2.24, 2.45) is 0 Å². The Labute approximate surface area is 306 Å². The minimum atomic E-state index is -0.399. The molecule has 2 nitrogen and oxygen atoms in total. The van der Waals surface area contributed by atoms with Crippen molar-refractivity contribution in [2.45, 2.75) is 15.2 Å². The fourth-order valence-corrected chi connectivity index (χ4v) is 9.88. The molecule has 0 atom stereocenters. The monoisotopic (exact) mass is 678 g/mol. The van der Waals surface area contributed by atoms with Gasteiger partial charge in [-0.1, -0.05) is 169 Å². The van der Waals surface area contributed by atoms with E-state index in [0.29, 0.717) is 0 Å². The third-order valence-electron chi connectivity index (χ3n) is 10.9. The smallest absolute Gasteiger partial charge is 0.160 e. The van der Waals surface area contributed by atoms with Crippen LogP contribution in [0, 0.1) is 0 Å². The minimum absolute atomic E-state index is 0.399. The maximum absolute atomic E-state index is 5.24. The fourth-order valence-electron chi connectivity index (χ4n) is 8.65. The third-order valence-corrected chi connectivity index (χ3v) is 12.1. The van der Waals surface area contributed by atoms with Gasteiger partial charge in [-0.3, -0.25) is 0 Å². The van der Waals surface area contributed by atoms with Crippen LogP contribution in [0.1, 0.15) is 22.3 Å². The van der Waals surface area contributed by atoms with Crippen molar-refractivity contribution in [2.75, 3.05) is 0 Å². The maximum Gasteiger partial charge on any atom is 0.160 e. The van der Waals surface area contributed by atoms with Crippen LogP contribution in [-0.4, -0.2) is 9.97 Å². The van der Waals surface area contributed by atoms with Crippen LogP contribution in [0.25, 0.3) is 66.6 Å². The van der Waals surface area contributed by atoms with Crippen molar-refractivity contribution in [3.63, 3.8) is 0 Å². The highest BCUT2D eigenvalue weighted by atomic mass is 32.2. The molecule has 1 aliphatic heterocycles. The molecule has 0 saturated carbocycles. The second-order valence-corrected chi connectivity index (χ2v) is 14.8. The lowest BCUT2D eigenvalue weighted by Crippen LogP contribution is -2.31. The van der Waals surface area contributed by atoms with Crippen molar-refractivity contribution >= 4 is 33.3 Å². The molecule has 2 aliphatic rings. The lowest BCUT2D eigenvalue weighted by molar-refractivity contribution is 0.722. The molecule has 0 fully saturated rings. The molecule has 1 spiro atoms. The number of hydrogen-bond acceptors (Lipinski definition) is 3. The van der Waals surface area contributed by atoms with Crippen LogP contribution in [0.3, 0.4) is 0 Å². The van der Waals surface area contributed by atoms with E-state index in [1.807, 2.05) is 17.8 Å². The van der Waals surface area contributed by atoms with E-state index in [9.17, 15) is 0 Å². The van der Waals surface area contributed by atoms with Crippen molar-refractivity contribution in [1.29, 1.82) is 0 Å². The molecule has 0 radical (unpaired) electrons. The highest BCUT2D eigenvalue weighted by Crippen LogP contribution is 2.62. The Bertz CT molecular complexity index is 2850. The maximum atomic E-state index is 5.24. The normalized spacial score (nSPS) is 13.5. The third kappa shape index (κ3) is 4.27. The molecule has 11 rings (SSSR count). The van der Waals surface area contributed by atoms with Gasteiger partial charge in [-0.15, -0.1) is 0 Å². The molecular weight excluding hydrogens is 649 g/mol. The summed E-state index contributed by atoms with van der Waals surface area (Å²) in [6.07, 6.45) is 0. The second kappa shape index (κ2) is 11.4. The van der Waals surface area contributed by atoms with Crippen LogP contribution in [0.5, 0.6) is 0 Å². The Morgan fingerprint density at radius 1 is 0.365 bits per heavy atom. The first kappa shape index (κ1) is 29.4. The SMILES string of the molecule is c1ccc(-c2nc(-c3ccc4c(c3)Sc3ccccc3C43c4ccccc4-c4ccccc43)cc(-c3ccc4c(ccc5ccccc54)c3)n2)cc1. The summed E-state index contributed by atoms with van der Waals surface area (Å²) in [7, 11) is 0. The van der Waals surface area contributed by atoms with Crippen LogP contribution in [0.2, 0.25) is 0 Å². The summed E-state index contributed by atoms with van der Waals surface area (Å²) in [5, 5.41) is 4.95. The van der Waals surface area contributed by atoms with Crippen LogP contribution in [-0.2, 0) is 5.41 Å². The number of benzene rings is 8. The lowest BCUT2D eigenvalue weighted by atomic mass is 9.67. The standard InChI is InChI=1S/C49H30N2S/c1-2-13-32(14-3-1)48-50-44(34-24-26-37-33(28-34)23-22-31-12-4-5-15-36(31)37)30-45(51-48)35-25-27-43-47(29-35)52-46-21-11-10-20-42(46)49(43)40-18-8-6-16-38(40)39-17-7-9-19-41(39)49/h1-30H. The van der Waals surface area contributed by atoms with E-state index in [0.717, 1.165) is 33.9 Å². The molecule has 9 aromatic rings. The molecule has 0 amide bonds. The fraction of sp³-hybridized carbons (Fsp3) is 0.0204. The summed E-state index contributed by atoms with van der Waals surface area (Å²) in [6.45, 7) is 0. The molecule has 242 valence electrons. The molecular formula is C49H30N2S. The molecule has 0 unspecified atom stereocenters. The molecule has 0 saturated heterocycles. The van der Waals surface area contributed by atoms with Gasteiger partial charge in [-0.25, -0.2) is 9.97 Å². The van der Waals surface area contributed by atoms with E-state index in [2.05, 4.69) is 176 Å². The van der Waals surface area contributed by atoms with Gasteiger partial charge < -0.3 is 0 Å². The van der Waals surface area contributed by atoms with E-state index in [1.54, 1.807) is 0 Å². The summed E-state index contributed by atoms with van der Waals surface area (Å²) in [5.74, 6) is 0.720. The Morgan fingerprint density at radius 3 is 1.73 bits per heavy atom. The first-order valence-electron chi connectivity index (χ1n) is 17.7. The molecule has 1 aliphatic carbocycles. The number of hydrogen-bond donors (Lipinski definition) is 0. The van der Waals surface area contributed by atoms with E-state index >= 15 is 0 Å². The van der Waals surface area contributed by atoms with Crippen molar-refractivity contribution in [3.05, 3.63) is 204 Å². The van der Waals surface area contributed by atoms with Crippen LogP contribution < -0.4 is 0 Å². The summed E-state index contributed by atoms with van der Waals surface area (Å²) >= 11 is 1.86. The Balaban J connectivity index is 1.11. The van der Waals surface area contributed by atoms with Gasteiger partial charge in [0.15, 0.2) is 5.82 Å². The zero-order valence-corrected chi connectivity index (χ0v) is 28.9. The molecule has 0 N–H and O–H groups in total. The van der Waals surface area contributed by atoms with Gasteiger partial charge in [-0.05, 0) is 79.2 Å². The predicted molar refractivity (Wildman–Crippen MR) is 215 cm³/mol. The summed E-state index contributed by atoms with van der Waals surface area (Å²) in [5.41, 5.74) is 12.5. The second-order valence-electron chi connectivity index (χ2n) is 13.7. The zero-order chi connectivity index (χ0) is 34.2. The molecule has 52 heavy (non-hydrogen) atoms. The predicted octanol–water partition coefficient (Wildman–Crippen LogP) is 12.6. The summed E-state index contributed by atoms with van der Waals surface area (Å²) < 4.78 is 0. The topological polar surface area (TPSA) is 25.8 Å². The largest absolute Gasteiger partial charge is 0.228 e. The molecule has 3 heteroatoms. The van der Waals surface area contributed by atoms with Crippen LogP contribution in [0.15, 0.2) is 192 Å². The van der Waals surface area contributed by atoms with E-state index < -0.39 is 5.41 Å². The Hall–Kier alpha value is -6.29. The number of aromatic nitrogens is 2. The van der Waals surface area contributed by atoms with Crippen molar-refractivity contribution < 1.29 is 0 Å². The quantitative estimate of drug-likeness (QED) is 0.174. The number of fused-ring (bicyclic) bond motifs is 12. The zero-order valence-electron chi connectivity index (χ0n) is 28.1. The van der Waals surface area contributed by atoms with Gasteiger partial charge in [0, 0.05) is 26.5 Å². The summed E-state index contributed by atoms with van der Waals surface area (Å²) in [6, 6.07) is 66.1. The van der Waals surface area contributed by atoms with Gasteiger partial charge in [0.2, 0.25) is 0 Å². The highest BCUT2D eigenvalue weighted by Gasteiger charge is 2.50. The van der Waals surface area contributed by atoms with E-state index in [4.69, 9.17) is 9.97 Å². The first-order chi connectivity index (χ1) is 25.8. The lowest BCUT2D eigenvalue weighted by Gasteiger charge is -2.39. The van der Waals surface area contributed by atoms with Gasteiger partial charge in [0.25, 0.3) is 0 Å². The minimum Gasteiger partial charge on any atom is -0.228 e. The molecule has 8 aromatic carbocycles. The van der Waals surface area contributed by atoms with Crippen molar-refractivity contribution in [1.82, 2.24) is 9.97 Å². The van der Waals surface area contributed by atoms with Gasteiger partial charge in [-0.2, -0.15) is 0 Å². The van der Waals surface area contributed by atoms with Gasteiger partial charge in [0.05, 0.1) is 16.8 Å². The van der Waals surface area contributed by atoms with Crippen molar-refractivity contribution in [3.8, 4) is 45.0 Å². The Kier molecular flexibility index (Phi) is 6.43.